The number of hydrogen-bond acceptors (Lipinski definition) is 4. The highest BCUT2D eigenvalue weighted by Crippen LogP contribution is 2.20. The van der Waals surface area contributed by atoms with Gasteiger partial charge < -0.3 is 9.84 Å². The van der Waals surface area contributed by atoms with Crippen molar-refractivity contribution < 1.29 is 8.91 Å². The van der Waals surface area contributed by atoms with Crippen molar-refractivity contribution in [1.82, 2.24) is 15.5 Å². The van der Waals surface area contributed by atoms with Crippen LogP contribution in [0.2, 0.25) is 0 Å². The molecule has 1 aromatic carbocycles. The van der Waals surface area contributed by atoms with Crippen molar-refractivity contribution in [3.8, 4) is 11.4 Å². The average Bonchev–Trinajstić information content (AvgIpc) is 2.76. The van der Waals surface area contributed by atoms with Crippen molar-refractivity contribution in [3.05, 3.63) is 35.5 Å². The Kier molecular flexibility index (Phi) is 4.17. The quantitative estimate of drug-likeness (QED) is 0.940. The van der Waals surface area contributed by atoms with E-state index in [0.29, 0.717) is 28.8 Å². The van der Waals surface area contributed by atoms with E-state index >= 15 is 0 Å². The van der Waals surface area contributed by atoms with Gasteiger partial charge in [-0.15, -0.1) is 12.4 Å². The van der Waals surface area contributed by atoms with E-state index in [1.165, 1.54) is 6.07 Å². The van der Waals surface area contributed by atoms with E-state index in [1.54, 1.807) is 19.1 Å². The van der Waals surface area contributed by atoms with Gasteiger partial charge in [0.05, 0.1) is 0 Å². The minimum Gasteiger partial charge on any atom is -0.339 e. The zero-order chi connectivity index (χ0) is 12.5. The second-order valence-electron chi connectivity index (χ2n) is 4.70. The van der Waals surface area contributed by atoms with Gasteiger partial charge in [0.1, 0.15) is 5.82 Å². The van der Waals surface area contributed by atoms with Crippen molar-refractivity contribution in [2.24, 2.45) is 5.92 Å². The number of aryl methyl sites for hydroxylation is 1. The predicted octanol–water partition coefficient (Wildman–Crippen LogP) is 2.37. The van der Waals surface area contributed by atoms with E-state index < -0.39 is 0 Å². The molecule has 1 N–H and O–H groups in total. The molecule has 2 aromatic rings. The summed E-state index contributed by atoms with van der Waals surface area (Å²) >= 11 is 0. The second kappa shape index (κ2) is 5.67. The standard InChI is InChI=1S/C13H14FN3O.ClH/c1-8-2-3-10(5-11(8)14)13-16-12(18-17-13)4-9-6-15-7-9;/h2-3,5,9,15H,4,6-7H2,1H3;1H. The van der Waals surface area contributed by atoms with Crippen LogP contribution in [-0.2, 0) is 6.42 Å². The van der Waals surface area contributed by atoms with Gasteiger partial charge >= 0.3 is 0 Å². The lowest BCUT2D eigenvalue weighted by atomic mass is 10.00. The topological polar surface area (TPSA) is 51.0 Å². The number of rotatable bonds is 3. The molecule has 1 saturated heterocycles. The van der Waals surface area contributed by atoms with Gasteiger partial charge in [-0.05, 0) is 37.6 Å². The van der Waals surface area contributed by atoms with E-state index in [1.807, 2.05) is 0 Å². The molecule has 19 heavy (non-hydrogen) atoms. The number of halogens is 2. The minimum absolute atomic E-state index is 0. The average molecular weight is 284 g/mol. The molecule has 2 heterocycles. The Morgan fingerprint density at radius 2 is 2.21 bits per heavy atom. The van der Waals surface area contributed by atoms with Crippen LogP contribution in [0.3, 0.4) is 0 Å². The summed E-state index contributed by atoms with van der Waals surface area (Å²) in [6.07, 6.45) is 0.786. The summed E-state index contributed by atoms with van der Waals surface area (Å²) in [5.74, 6) is 1.41. The maximum atomic E-state index is 13.5. The number of nitrogens with zero attached hydrogens (tertiary/aromatic N) is 2. The fourth-order valence-corrected chi connectivity index (χ4v) is 1.93. The molecule has 6 heteroatoms. The first-order valence-electron chi connectivity index (χ1n) is 6.02. The summed E-state index contributed by atoms with van der Waals surface area (Å²) in [4.78, 5) is 4.30. The van der Waals surface area contributed by atoms with Crippen LogP contribution in [0, 0.1) is 18.7 Å². The molecule has 0 radical (unpaired) electrons. The molecule has 0 spiro atoms. The van der Waals surface area contributed by atoms with Crippen molar-refractivity contribution in [2.45, 2.75) is 13.3 Å². The van der Waals surface area contributed by atoms with Crippen molar-refractivity contribution in [3.63, 3.8) is 0 Å². The third-order valence-electron chi connectivity index (χ3n) is 3.23. The Balaban J connectivity index is 0.00000133. The number of hydrogen-bond donors (Lipinski definition) is 1. The fourth-order valence-electron chi connectivity index (χ4n) is 1.93. The van der Waals surface area contributed by atoms with Crippen molar-refractivity contribution in [1.29, 1.82) is 0 Å². The van der Waals surface area contributed by atoms with Crippen LogP contribution >= 0.6 is 12.4 Å². The molecule has 1 aliphatic rings. The van der Waals surface area contributed by atoms with Gasteiger partial charge in [0.25, 0.3) is 0 Å². The molecule has 0 bridgehead atoms. The molecule has 1 aliphatic heterocycles. The smallest absolute Gasteiger partial charge is 0.227 e. The van der Waals surface area contributed by atoms with Gasteiger partial charge in [0.2, 0.25) is 11.7 Å². The summed E-state index contributed by atoms with van der Waals surface area (Å²) < 4.78 is 18.6. The summed E-state index contributed by atoms with van der Waals surface area (Å²) in [6, 6.07) is 4.96. The van der Waals surface area contributed by atoms with E-state index in [0.717, 1.165) is 19.5 Å². The Bertz CT molecular complexity index is 569. The predicted molar refractivity (Wildman–Crippen MR) is 71.7 cm³/mol. The molecule has 3 rings (SSSR count). The molecular formula is C13H15ClFN3O. The Hall–Kier alpha value is -1.46. The normalized spacial score (nSPS) is 14.8. The van der Waals surface area contributed by atoms with E-state index in [2.05, 4.69) is 15.5 Å². The van der Waals surface area contributed by atoms with Crippen LogP contribution in [0.1, 0.15) is 11.5 Å². The molecule has 0 amide bonds. The summed E-state index contributed by atoms with van der Waals surface area (Å²) in [5.41, 5.74) is 1.27. The summed E-state index contributed by atoms with van der Waals surface area (Å²) in [6.45, 7) is 3.72. The van der Waals surface area contributed by atoms with E-state index in [4.69, 9.17) is 4.52 Å². The molecule has 102 valence electrons. The van der Waals surface area contributed by atoms with Crippen LogP contribution in [0.15, 0.2) is 22.7 Å². The summed E-state index contributed by atoms with van der Waals surface area (Å²) in [5, 5.41) is 7.09. The van der Waals surface area contributed by atoms with Crippen LogP contribution in [0.4, 0.5) is 4.39 Å². The third kappa shape index (κ3) is 2.93. The SMILES string of the molecule is Cc1ccc(-c2noc(CC3CNC3)n2)cc1F.Cl. The first-order chi connectivity index (χ1) is 8.72. The van der Waals surface area contributed by atoms with Gasteiger partial charge in [-0.3, -0.25) is 0 Å². The Morgan fingerprint density at radius 1 is 1.42 bits per heavy atom. The first kappa shape index (κ1) is 14.0. The van der Waals surface area contributed by atoms with Crippen LogP contribution in [0.25, 0.3) is 11.4 Å². The third-order valence-corrected chi connectivity index (χ3v) is 3.23. The van der Waals surface area contributed by atoms with Crippen molar-refractivity contribution >= 4 is 12.4 Å². The molecule has 0 saturated carbocycles. The number of nitrogens with one attached hydrogen (secondary N) is 1. The maximum Gasteiger partial charge on any atom is 0.227 e. The molecule has 0 atom stereocenters. The molecule has 4 nitrogen and oxygen atoms in total. The molecule has 0 unspecified atom stereocenters. The lowest BCUT2D eigenvalue weighted by molar-refractivity contribution is 0.296. The summed E-state index contributed by atoms with van der Waals surface area (Å²) in [7, 11) is 0. The van der Waals surface area contributed by atoms with Gasteiger partial charge in [-0.1, -0.05) is 17.3 Å². The zero-order valence-electron chi connectivity index (χ0n) is 10.5. The van der Waals surface area contributed by atoms with Crippen LogP contribution in [-0.4, -0.2) is 23.2 Å². The highest BCUT2D eigenvalue weighted by molar-refractivity contribution is 5.85. The van der Waals surface area contributed by atoms with Crippen LogP contribution < -0.4 is 5.32 Å². The maximum absolute atomic E-state index is 13.5. The van der Waals surface area contributed by atoms with Gasteiger partial charge in [0, 0.05) is 12.0 Å². The Labute approximate surface area is 116 Å². The van der Waals surface area contributed by atoms with E-state index in [-0.39, 0.29) is 18.2 Å². The molecular weight excluding hydrogens is 269 g/mol. The lowest BCUT2D eigenvalue weighted by Gasteiger charge is -2.25. The highest BCUT2D eigenvalue weighted by Gasteiger charge is 2.20. The first-order valence-corrected chi connectivity index (χ1v) is 6.02. The minimum atomic E-state index is -0.248. The largest absolute Gasteiger partial charge is 0.339 e. The van der Waals surface area contributed by atoms with Gasteiger partial charge in [-0.25, -0.2) is 4.39 Å². The second-order valence-corrected chi connectivity index (χ2v) is 4.70. The van der Waals surface area contributed by atoms with Gasteiger partial charge in [0.15, 0.2) is 0 Å². The fraction of sp³-hybridized carbons (Fsp3) is 0.385. The molecule has 1 aromatic heterocycles. The number of aromatic nitrogens is 2. The Morgan fingerprint density at radius 3 is 2.84 bits per heavy atom. The van der Waals surface area contributed by atoms with Crippen molar-refractivity contribution in [2.75, 3.05) is 13.1 Å². The lowest BCUT2D eigenvalue weighted by Crippen LogP contribution is -2.43. The zero-order valence-corrected chi connectivity index (χ0v) is 11.3. The molecule has 0 aliphatic carbocycles. The molecule has 1 fully saturated rings. The monoisotopic (exact) mass is 283 g/mol. The van der Waals surface area contributed by atoms with E-state index in [9.17, 15) is 4.39 Å². The number of benzene rings is 1. The van der Waals surface area contributed by atoms with Crippen LogP contribution in [0.5, 0.6) is 0 Å². The van der Waals surface area contributed by atoms with Gasteiger partial charge in [-0.2, -0.15) is 4.98 Å². The highest BCUT2D eigenvalue weighted by atomic mass is 35.5.